The normalized spacial score (nSPS) is 31.7. The highest BCUT2D eigenvalue weighted by molar-refractivity contribution is 4.90. The Morgan fingerprint density at radius 3 is 2.31 bits per heavy atom. The average Bonchev–Trinajstić information content (AvgIpc) is 2.22. The van der Waals surface area contributed by atoms with Crippen molar-refractivity contribution < 1.29 is 10.2 Å². The van der Waals surface area contributed by atoms with Crippen molar-refractivity contribution in [3.8, 4) is 0 Å². The van der Waals surface area contributed by atoms with Crippen LogP contribution in [0.4, 0.5) is 0 Å². The molecule has 2 rings (SSSR count). The monoisotopic (exact) mass is 227 g/mol. The molecule has 0 saturated heterocycles. The van der Waals surface area contributed by atoms with Crippen LogP contribution in [0.5, 0.6) is 0 Å². The highest BCUT2D eigenvalue weighted by atomic mass is 16.3. The van der Waals surface area contributed by atoms with E-state index in [1.807, 2.05) is 0 Å². The van der Waals surface area contributed by atoms with E-state index in [0.717, 1.165) is 25.8 Å². The zero-order chi connectivity index (χ0) is 11.4. The van der Waals surface area contributed by atoms with Crippen molar-refractivity contribution in [1.29, 1.82) is 0 Å². The Morgan fingerprint density at radius 2 is 1.75 bits per heavy atom. The van der Waals surface area contributed by atoms with Crippen molar-refractivity contribution >= 4 is 0 Å². The van der Waals surface area contributed by atoms with Crippen LogP contribution in [0.1, 0.15) is 51.4 Å². The van der Waals surface area contributed by atoms with Crippen LogP contribution < -0.4 is 0 Å². The topological polar surface area (TPSA) is 43.7 Å². The van der Waals surface area contributed by atoms with E-state index >= 15 is 0 Å². The Kier molecular flexibility index (Phi) is 4.62. The molecule has 3 nitrogen and oxygen atoms in total. The summed E-state index contributed by atoms with van der Waals surface area (Å²) < 4.78 is 0. The summed E-state index contributed by atoms with van der Waals surface area (Å²) in [6, 6.07) is 1.05. The van der Waals surface area contributed by atoms with Crippen LogP contribution in [0.25, 0.3) is 0 Å². The molecule has 0 aromatic heterocycles. The number of hydrogen-bond acceptors (Lipinski definition) is 3. The Labute approximate surface area is 98.5 Å². The van der Waals surface area contributed by atoms with Gasteiger partial charge in [0.2, 0.25) is 0 Å². The summed E-state index contributed by atoms with van der Waals surface area (Å²) >= 11 is 0. The molecule has 0 spiro atoms. The Balaban J connectivity index is 1.92. The minimum Gasteiger partial charge on any atom is -0.396 e. The van der Waals surface area contributed by atoms with Gasteiger partial charge in [-0.2, -0.15) is 0 Å². The van der Waals surface area contributed by atoms with Gasteiger partial charge in [-0.1, -0.05) is 19.3 Å². The maximum atomic E-state index is 10.1. The standard InChI is InChI=1S/C13H25NO2/c15-10-4-9-14(11-5-3-6-11)12-7-1-2-8-13(12)16/h11-13,15-16H,1-10H2/t12-,13-/m1/s1. The zero-order valence-electron chi connectivity index (χ0n) is 10.1. The van der Waals surface area contributed by atoms with Crippen molar-refractivity contribution in [1.82, 2.24) is 4.90 Å². The van der Waals surface area contributed by atoms with E-state index < -0.39 is 0 Å². The number of nitrogens with zero attached hydrogens (tertiary/aromatic N) is 1. The maximum Gasteiger partial charge on any atom is 0.0695 e. The average molecular weight is 227 g/mol. The molecule has 2 atom stereocenters. The molecular weight excluding hydrogens is 202 g/mol. The summed E-state index contributed by atoms with van der Waals surface area (Å²) in [5.74, 6) is 0. The molecule has 2 aliphatic rings. The summed E-state index contributed by atoms with van der Waals surface area (Å²) in [4.78, 5) is 2.49. The quantitative estimate of drug-likeness (QED) is 0.748. The van der Waals surface area contributed by atoms with Crippen molar-refractivity contribution in [2.75, 3.05) is 13.2 Å². The molecule has 0 aliphatic heterocycles. The third-order valence-electron chi connectivity index (χ3n) is 4.24. The fourth-order valence-corrected chi connectivity index (χ4v) is 3.07. The van der Waals surface area contributed by atoms with Crippen molar-refractivity contribution in [2.24, 2.45) is 0 Å². The van der Waals surface area contributed by atoms with Crippen LogP contribution in [0, 0.1) is 0 Å². The van der Waals surface area contributed by atoms with Crippen LogP contribution in [0.2, 0.25) is 0 Å². The van der Waals surface area contributed by atoms with E-state index in [-0.39, 0.29) is 12.7 Å². The Morgan fingerprint density at radius 1 is 1.00 bits per heavy atom. The van der Waals surface area contributed by atoms with E-state index in [0.29, 0.717) is 12.1 Å². The molecule has 0 bridgehead atoms. The number of aliphatic hydroxyl groups is 2. The highest BCUT2D eigenvalue weighted by Crippen LogP contribution is 2.32. The van der Waals surface area contributed by atoms with Gasteiger partial charge < -0.3 is 10.2 Å². The molecule has 2 aliphatic carbocycles. The number of rotatable bonds is 5. The largest absolute Gasteiger partial charge is 0.396 e. The van der Waals surface area contributed by atoms with Gasteiger partial charge in [-0.15, -0.1) is 0 Å². The Bertz CT molecular complexity index is 206. The van der Waals surface area contributed by atoms with Crippen molar-refractivity contribution in [3.63, 3.8) is 0 Å². The number of aliphatic hydroxyl groups excluding tert-OH is 2. The first-order chi connectivity index (χ1) is 7.83. The van der Waals surface area contributed by atoms with Crippen molar-refractivity contribution in [2.45, 2.75) is 69.6 Å². The SMILES string of the molecule is OCCCN(C1CCC1)[C@@H]1CCCC[C@H]1O. The van der Waals surface area contributed by atoms with Gasteiger partial charge in [0.25, 0.3) is 0 Å². The lowest BCUT2D eigenvalue weighted by atomic mass is 9.85. The fourth-order valence-electron chi connectivity index (χ4n) is 3.07. The lowest BCUT2D eigenvalue weighted by Gasteiger charge is -2.45. The van der Waals surface area contributed by atoms with Gasteiger partial charge in [0.05, 0.1) is 6.10 Å². The van der Waals surface area contributed by atoms with Gasteiger partial charge in [-0.3, -0.25) is 4.90 Å². The smallest absolute Gasteiger partial charge is 0.0695 e. The molecular formula is C13H25NO2. The van der Waals surface area contributed by atoms with Gasteiger partial charge in [0.15, 0.2) is 0 Å². The summed E-state index contributed by atoms with van der Waals surface area (Å²) in [6.45, 7) is 1.23. The van der Waals surface area contributed by atoms with Gasteiger partial charge in [-0.05, 0) is 32.1 Å². The summed E-state index contributed by atoms with van der Waals surface area (Å²) in [5, 5.41) is 19.1. The second-order valence-corrected chi connectivity index (χ2v) is 5.32. The molecule has 2 saturated carbocycles. The molecule has 0 heterocycles. The molecule has 0 unspecified atom stereocenters. The predicted molar refractivity (Wildman–Crippen MR) is 64.3 cm³/mol. The summed E-state index contributed by atoms with van der Waals surface area (Å²) in [5.41, 5.74) is 0. The molecule has 16 heavy (non-hydrogen) atoms. The second kappa shape index (κ2) is 5.99. The van der Waals surface area contributed by atoms with E-state index in [2.05, 4.69) is 4.90 Å². The zero-order valence-corrected chi connectivity index (χ0v) is 10.1. The third-order valence-corrected chi connectivity index (χ3v) is 4.24. The first-order valence-corrected chi connectivity index (χ1v) is 6.87. The van der Waals surface area contributed by atoms with Crippen LogP contribution >= 0.6 is 0 Å². The number of hydrogen-bond donors (Lipinski definition) is 2. The summed E-state index contributed by atoms with van der Waals surface area (Å²) in [7, 11) is 0. The van der Waals surface area contributed by atoms with Gasteiger partial charge >= 0.3 is 0 Å². The highest BCUT2D eigenvalue weighted by Gasteiger charge is 2.34. The van der Waals surface area contributed by atoms with Gasteiger partial charge in [0, 0.05) is 25.2 Å². The second-order valence-electron chi connectivity index (χ2n) is 5.32. The fraction of sp³-hybridized carbons (Fsp3) is 1.00. The van der Waals surface area contributed by atoms with E-state index in [1.165, 1.54) is 32.1 Å². The molecule has 3 heteroatoms. The van der Waals surface area contributed by atoms with E-state index in [4.69, 9.17) is 5.11 Å². The molecule has 2 fully saturated rings. The molecule has 94 valence electrons. The molecule has 0 aromatic rings. The van der Waals surface area contributed by atoms with E-state index in [9.17, 15) is 5.11 Å². The third kappa shape index (κ3) is 2.76. The van der Waals surface area contributed by atoms with Gasteiger partial charge in [0.1, 0.15) is 0 Å². The predicted octanol–water partition coefficient (Wildman–Crippen LogP) is 1.53. The van der Waals surface area contributed by atoms with Gasteiger partial charge in [-0.25, -0.2) is 0 Å². The molecule has 0 radical (unpaired) electrons. The molecule has 2 N–H and O–H groups in total. The Hall–Kier alpha value is -0.120. The van der Waals surface area contributed by atoms with Crippen molar-refractivity contribution in [3.05, 3.63) is 0 Å². The lowest BCUT2D eigenvalue weighted by molar-refractivity contribution is -0.0225. The first kappa shape index (κ1) is 12.3. The minimum atomic E-state index is -0.131. The first-order valence-electron chi connectivity index (χ1n) is 6.87. The van der Waals surface area contributed by atoms with Crippen LogP contribution in [-0.2, 0) is 0 Å². The summed E-state index contributed by atoms with van der Waals surface area (Å²) in [6.07, 6.45) is 9.16. The van der Waals surface area contributed by atoms with Crippen LogP contribution in [0.15, 0.2) is 0 Å². The molecule has 0 aromatic carbocycles. The molecule has 0 amide bonds. The van der Waals surface area contributed by atoms with Crippen LogP contribution in [-0.4, -0.2) is 46.5 Å². The van der Waals surface area contributed by atoms with Crippen LogP contribution in [0.3, 0.4) is 0 Å². The van der Waals surface area contributed by atoms with E-state index in [1.54, 1.807) is 0 Å². The lowest BCUT2D eigenvalue weighted by Crippen LogP contribution is -2.53. The minimum absolute atomic E-state index is 0.131. The maximum absolute atomic E-state index is 10.1.